The van der Waals surface area contributed by atoms with Gasteiger partial charge in [0.2, 0.25) is 15.9 Å². The van der Waals surface area contributed by atoms with E-state index in [1.54, 1.807) is 35.4 Å². The lowest BCUT2D eigenvalue weighted by atomic mass is 10.0. The van der Waals surface area contributed by atoms with Crippen LogP contribution in [0.1, 0.15) is 34.3 Å². The number of sulfonamides is 1. The van der Waals surface area contributed by atoms with Crippen LogP contribution in [0.25, 0.3) is 0 Å². The molecule has 1 aromatic heterocycles. The van der Waals surface area contributed by atoms with Gasteiger partial charge in [-0.2, -0.15) is 0 Å². The quantitative estimate of drug-likeness (QED) is 0.206. The third-order valence-electron chi connectivity index (χ3n) is 7.55. The van der Waals surface area contributed by atoms with E-state index in [1.807, 2.05) is 43.3 Å². The zero-order valence-corrected chi connectivity index (χ0v) is 26.3. The van der Waals surface area contributed by atoms with Crippen LogP contribution in [0.2, 0.25) is 0 Å². The van der Waals surface area contributed by atoms with E-state index in [4.69, 9.17) is 10.5 Å². The third kappa shape index (κ3) is 8.37. The summed E-state index contributed by atoms with van der Waals surface area (Å²) in [7, 11) is -3.37. The predicted octanol–water partition coefficient (Wildman–Crippen LogP) is 5.49. The normalized spacial score (nSPS) is 14.0. The minimum Gasteiger partial charge on any atom is -0.439 e. The fraction of sp³-hybridized carbons (Fsp3) is 0.242. The van der Waals surface area contributed by atoms with Crippen molar-refractivity contribution < 1.29 is 27.1 Å². The number of nitrogens with zero attached hydrogens (tertiary/aromatic N) is 3. The number of aryl methyl sites for hydroxylation is 1. The van der Waals surface area contributed by atoms with Gasteiger partial charge in [-0.3, -0.25) is 19.3 Å². The highest BCUT2D eigenvalue weighted by molar-refractivity contribution is 7.92. The predicted molar refractivity (Wildman–Crippen MR) is 175 cm³/mol. The number of halogens is 1. The highest BCUT2D eigenvalue weighted by Gasteiger charge is 2.29. The van der Waals surface area contributed by atoms with E-state index in [9.17, 15) is 22.4 Å². The molecule has 3 aromatic carbocycles. The van der Waals surface area contributed by atoms with Crippen LogP contribution in [-0.4, -0.2) is 55.6 Å². The van der Waals surface area contributed by atoms with Gasteiger partial charge in [0.25, 0.3) is 5.91 Å². The molecule has 3 amide bonds. The zero-order valence-electron chi connectivity index (χ0n) is 25.4. The number of urea groups is 1. The van der Waals surface area contributed by atoms with Crippen LogP contribution < -0.4 is 25.4 Å². The standard InChI is InChI=1S/C33H35FN6O5S/c1-22-18-25(38-46(2,43)44)10-12-30(22)45-31-13-8-23(20-36-31)21-39-16-14-27(15-17-39)40(26-6-4-3-5-7-26)33(42)37-24-9-11-29(34)28(19-24)32(35)41/h3-13,18-20,27,38H,14-17,21H2,1-2H3,(H2,35,41)(H,37,42). The number of anilines is 3. The number of aromatic nitrogens is 1. The first kappa shape index (κ1) is 32.4. The van der Waals surface area contributed by atoms with E-state index in [-0.39, 0.29) is 23.3 Å². The Balaban J connectivity index is 1.19. The number of rotatable bonds is 10. The topological polar surface area (TPSA) is 147 Å². The first-order chi connectivity index (χ1) is 21.9. The van der Waals surface area contributed by atoms with Gasteiger partial charge >= 0.3 is 6.03 Å². The molecule has 1 saturated heterocycles. The second-order valence-electron chi connectivity index (χ2n) is 11.2. The largest absolute Gasteiger partial charge is 0.439 e. The first-order valence-electron chi connectivity index (χ1n) is 14.6. The van der Waals surface area contributed by atoms with Crippen LogP contribution >= 0.6 is 0 Å². The van der Waals surface area contributed by atoms with E-state index < -0.39 is 21.7 Å². The zero-order chi connectivity index (χ0) is 32.8. The average Bonchev–Trinajstić information content (AvgIpc) is 3.01. The van der Waals surface area contributed by atoms with Gasteiger partial charge in [-0.1, -0.05) is 24.3 Å². The molecule has 1 aliphatic heterocycles. The molecule has 5 rings (SSSR count). The number of benzene rings is 3. The molecule has 0 bridgehead atoms. The summed E-state index contributed by atoms with van der Waals surface area (Å²) in [6, 6.07) is 21.4. The van der Waals surface area contributed by atoms with E-state index in [1.165, 1.54) is 12.1 Å². The highest BCUT2D eigenvalue weighted by atomic mass is 32.2. The SMILES string of the molecule is Cc1cc(NS(C)(=O)=O)ccc1Oc1ccc(CN2CCC(N(C(=O)Nc3ccc(F)c(C(N)=O)c3)c3ccccc3)CC2)cn1. The molecule has 11 nitrogen and oxygen atoms in total. The Morgan fingerprint density at radius 2 is 1.74 bits per heavy atom. The first-order valence-corrected chi connectivity index (χ1v) is 16.5. The van der Waals surface area contributed by atoms with Crippen molar-refractivity contribution in [2.75, 3.05) is 34.3 Å². The average molecular weight is 647 g/mol. The molecule has 0 spiro atoms. The van der Waals surface area contributed by atoms with Crippen LogP contribution in [0.15, 0.2) is 85.1 Å². The molecule has 0 unspecified atom stereocenters. The summed E-state index contributed by atoms with van der Waals surface area (Å²) in [5.41, 5.74) is 8.21. The molecule has 46 heavy (non-hydrogen) atoms. The van der Waals surface area contributed by atoms with Gasteiger partial charge in [-0.15, -0.1) is 0 Å². The number of nitrogens with two attached hydrogens (primary N) is 1. The number of primary amides is 1. The Bertz CT molecular complexity index is 1810. The van der Waals surface area contributed by atoms with E-state index in [2.05, 4.69) is 19.9 Å². The Morgan fingerprint density at radius 3 is 2.37 bits per heavy atom. The lowest BCUT2D eigenvalue weighted by Gasteiger charge is -2.38. The summed E-state index contributed by atoms with van der Waals surface area (Å²) in [4.78, 5) is 33.6. The second-order valence-corrected chi connectivity index (χ2v) is 12.9. The van der Waals surface area contributed by atoms with E-state index in [0.717, 1.165) is 55.1 Å². The maximum Gasteiger partial charge on any atom is 0.326 e. The summed E-state index contributed by atoms with van der Waals surface area (Å²) in [6.45, 7) is 3.99. The molecular formula is C33H35FN6O5S. The molecule has 1 fully saturated rings. The second kappa shape index (κ2) is 14.0. The molecule has 0 aliphatic carbocycles. The summed E-state index contributed by atoms with van der Waals surface area (Å²) in [5, 5.41) is 2.80. The van der Waals surface area contributed by atoms with Crippen molar-refractivity contribution in [2.24, 2.45) is 5.73 Å². The van der Waals surface area contributed by atoms with Crippen molar-refractivity contribution in [2.45, 2.75) is 32.4 Å². The number of carbonyl (C=O) groups excluding carboxylic acids is 2. The lowest BCUT2D eigenvalue weighted by molar-refractivity contribution is 0.0996. The van der Waals surface area contributed by atoms with Gasteiger partial charge in [0.05, 0.1) is 11.8 Å². The highest BCUT2D eigenvalue weighted by Crippen LogP contribution is 2.28. The Kier molecular flexibility index (Phi) is 9.83. The Labute approximate surface area is 267 Å². The van der Waals surface area contributed by atoms with Gasteiger partial charge < -0.3 is 15.8 Å². The van der Waals surface area contributed by atoms with Crippen molar-refractivity contribution in [3.8, 4) is 11.6 Å². The molecule has 0 saturated carbocycles. The van der Waals surface area contributed by atoms with Crippen molar-refractivity contribution >= 4 is 39.0 Å². The number of amides is 3. The number of hydrogen-bond acceptors (Lipinski definition) is 7. The lowest BCUT2D eigenvalue weighted by Crippen LogP contribution is -2.49. The van der Waals surface area contributed by atoms with Crippen LogP contribution in [0.4, 0.5) is 26.2 Å². The summed E-state index contributed by atoms with van der Waals surface area (Å²) in [6.07, 6.45) is 4.30. The van der Waals surface area contributed by atoms with E-state index >= 15 is 0 Å². The van der Waals surface area contributed by atoms with Crippen molar-refractivity contribution in [1.29, 1.82) is 0 Å². The van der Waals surface area contributed by atoms with Crippen LogP contribution in [0.3, 0.4) is 0 Å². The van der Waals surface area contributed by atoms with E-state index in [0.29, 0.717) is 23.9 Å². The van der Waals surface area contributed by atoms with Crippen LogP contribution in [0.5, 0.6) is 11.6 Å². The number of para-hydroxylation sites is 1. The molecule has 240 valence electrons. The maximum absolute atomic E-state index is 14.0. The number of pyridine rings is 1. The molecule has 0 radical (unpaired) electrons. The fourth-order valence-corrected chi connectivity index (χ4v) is 5.93. The summed E-state index contributed by atoms with van der Waals surface area (Å²) in [5.74, 6) is -0.671. The number of likely N-dealkylation sites (tertiary alicyclic amines) is 1. The molecule has 1 aliphatic rings. The van der Waals surface area contributed by atoms with Gasteiger partial charge in [0.1, 0.15) is 11.6 Å². The third-order valence-corrected chi connectivity index (χ3v) is 8.16. The van der Waals surface area contributed by atoms with Crippen LogP contribution in [-0.2, 0) is 16.6 Å². The maximum atomic E-state index is 14.0. The Hall–Kier alpha value is -5.01. The number of piperidine rings is 1. The van der Waals surface area contributed by atoms with Crippen molar-refractivity contribution in [3.63, 3.8) is 0 Å². The van der Waals surface area contributed by atoms with Crippen molar-refractivity contribution in [1.82, 2.24) is 9.88 Å². The number of nitrogens with one attached hydrogen (secondary N) is 2. The summed E-state index contributed by atoms with van der Waals surface area (Å²) < 4.78 is 45.3. The number of carbonyl (C=O) groups is 2. The minimum atomic E-state index is -3.37. The molecule has 2 heterocycles. The summed E-state index contributed by atoms with van der Waals surface area (Å²) >= 11 is 0. The van der Waals surface area contributed by atoms with Gasteiger partial charge in [-0.25, -0.2) is 22.6 Å². The molecule has 4 aromatic rings. The fourth-order valence-electron chi connectivity index (χ4n) is 5.37. The number of hydrogen-bond donors (Lipinski definition) is 3. The molecular weight excluding hydrogens is 611 g/mol. The van der Waals surface area contributed by atoms with Gasteiger partial charge in [-0.05, 0) is 79.4 Å². The Morgan fingerprint density at radius 1 is 1.02 bits per heavy atom. The molecule has 0 atom stereocenters. The molecule has 13 heteroatoms. The van der Waals surface area contributed by atoms with Gasteiger partial charge in [0, 0.05) is 55.0 Å². The molecule has 4 N–H and O–H groups in total. The monoisotopic (exact) mass is 646 g/mol. The van der Waals surface area contributed by atoms with Crippen LogP contribution in [0, 0.1) is 12.7 Å². The van der Waals surface area contributed by atoms with Crippen molar-refractivity contribution in [3.05, 3.63) is 108 Å². The smallest absolute Gasteiger partial charge is 0.326 e. The minimum absolute atomic E-state index is 0.0918. The van der Waals surface area contributed by atoms with Gasteiger partial charge in [0.15, 0.2) is 0 Å². The number of ether oxygens (including phenoxy) is 1.